The summed E-state index contributed by atoms with van der Waals surface area (Å²) in [5.74, 6) is -0.550. The van der Waals surface area contributed by atoms with Crippen LogP contribution in [-0.2, 0) is 19.7 Å². The molecule has 1 aliphatic heterocycles. The van der Waals surface area contributed by atoms with Crippen LogP contribution >= 0.6 is 0 Å². The van der Waals surface area contributed by atoms with Crippen LogP contribution in [0.25, 0.3) is 0 Å². The molecule has 0 aliphatic carbocycles. The van der Waals surface area contributed by atoms with Crippen molar-refractivity contribution in [2.24, 2.45) is 0 Å². The second kappa shape index (κ2) is 6.29. The molecule has 0 radical (unpaired) electrons. The van der Waals surface area contributed by atoms with Gasteiger partial charge >= 0.3 is 5.97 Å². The molecular formula is C9H19N3O4S. The molecule has 8 heteroatoms. The van der Waals surface area contributed by atoms with E-state index in [0.717, 1.165) is 4.31 Å². The van der Waals surface area contributed by atoms with Gasteiger partial charge in [-0.1, -0.05) is 6.92 Å². The van der Waals surface area contributed by atoms with Crippen molar-refractivity contribution in [3.8, 4) is 0 Å². The molecule has 0 spiro atoms. The second-order valence-electron chi connectivity index (χ2n) is 3.66. The molecule has 0 atom stereocenters. The molecule has 0 aromatic rings. The Hall–Kier alpha value is -0.700. The number of hydrogen-bond acceptors (Lipinski definition) is 5. The highest BCUT2D eigenvalue weighted by atomic mass is 32.2. The fourth-order valence-corrected chi connectivity index (χ4v) is 3.17. The Morgan fingerprint density at radius 2 is 2.00 bits per heavy atom. The van der Waals surface area contributed by atoms with Gasteiger partial charge in [-0.3, -0.25) is 4.79 Å². The molecule has 100 valence electrons. The van der Waals surface area contributed by atoms with Crippen LogP contribution in [-0.4, -0.2) is 69.4 Å². The van der Waals surface area contributed by atoms with Crippen LogP contribution in [0, 0.1) is 0 Å². The fourth-order valence-electron chi connectivity index (χ4n) is 1.60. The van der Waals surface area contributed by atoms with E-state index in [1.54, 1.807) is 6.92 Å². The number of likely N-dealkylation sites (N-methyl/N-ethyl adjacent to an activating group) is 1. The molecular weight excluding hydrogens is 246 g/mol. The van der Waals surface area contributed by atoms with Crippen LogP contribution in [0.4, 0.5) is 0 Å². The van der Waals surface area contributed by atoms with Crippen molar-refractivity contribution in [2.75, 3.05) is 46.4 Å². The number of methoxy groups -OCH3 is 1. The first-order valence-corrected chi connectivity index (χ1v) is 6.94. The lowest BCUT2D eigenvalue weighted by atomic mass is 10.4. The minimum absolute atomic E-state index is 0.237. The van der Waals surface area contributed by atoms with Crippen molar-refractivity contribution in [3.05, 3.63) is 0 Å². The van der Waals surface area contributed by atoms with Crippen molar-refractivity contribution in [1.82, 2.24) is 13.9 Å². The van der Waals surface area contributed by atoms with Crippen molar-refractivity contribution in [3.63, 3.8) is 0 Å². The molecule has 0 bridgehead atoms. The zero-order chi connectivity index (χ0) is 12.9. The summed E-state index contributed by atoms with van der Waals surface area (Å²) >= 11 is 0. The first kappa shape index (κ1) is 14.4. The summed E-state index contributed by atoms with van der Waals surface area (Å²) in [6.45, 7) is 3.84. The highest BCUT2D eigenvalue weighted by molar-refractivity contribution is 7.86. The summed E-state index contributed by atoms with van der Waals surface area (Å²) in [7, 11) is -2.31. The summed E-state index contributed by atoms with van der Waals surface area (Å²) in [6.07, 6.45) is 0. The van der Waals surface area contributed by atoms with Gasteiger partial charge in [0.15, 0.2) is 0 Å². The predicted molar refractivity (Wildman–Crippen MR) is 62.6 cm³/mol. The zero-order valence-corrected chi connectivity index (χ0v) is 11.0. The van der Waals surface area contributed by atoms with Crippen molar-refractivity contribution in [1.29, 1.82) is 0 Å². The van der Waals surface area contributed by atoms with Gasteiger partial charge in [-0.25, -0.2) is 0 Å². The molecule has 1 aliphatic rings. The molecule has 0 unspecified atom stereocenters. The number of rotatable bonds is 5. The largest absolute Gasteiger partial charge is 0.468 e. The molecule has 1 fully saturated rings. The highest BCUT2D eigenvalue weighted by Gasteiger charge is 2.30. The smallest absolute Gasteiger partial charge is 0.321 e. The standard InChI is InChI=1S/C9H19N3O4S/c1-3-11(8-9(13)16-2)17(14,15)12-6-4-10-5-7-12/h10H,3-8H2,1-2H3. The number of ether oxygens (including phenoxy) is 1. The maximum atomic E-state index is 12.2. The number of carbonyl (C=O) groups excluding carboxylic acids is 1. The maximum absolute atomic E-state index is 12.2. The average Bonchev–Trinajstić information content (AvgIpc) is 2.36. The molecule has 0 aromatic carbocycles. The van der Waals surface area contributed by atoms with E-state index in [4.69, 9.17) is 0 Å². The van der Waals surface area contributed by atoms with Gasteiger partial charge < -0.3 is 10.1 Å². The number of nitrogens with zero attached hydrogens (tertiary/aromatic N) is 2. The Labute approximate surface area is 102 Å². The van der Waals surface area contributed by atoms with Gasteiger partial charge in [0.25, 0.3) is 10.2 Å². The van der Waals surface area contributed by atoms with Crippen molar-refractivity contribution in [2.45, 2.75) is 6.92 Å². The number of piperazine rings is 1. The lowest BCUT2D eigenvalue weighted by Gasteiger charge is -2.31. The normalized spacial score (nSPS) is 18.3. The van der Waals surface area contributed by atoms with E-state index in [1.807, 2.05) is 0 Å². The second-order valence-corrected chi connectivity index (χ2v) is 5.59. The number of esters is 1. The summed E-state index contributed by atoms with van der Waals surface area (Å²) < 4.78 is 31.4. The fraction of sp³-hybridized carbons (Fsp3) is 0.889. The third-order valence-electron chi connectivity index (χ3n) is 2.61. The van der Waals surface area contributed by atoms with E-state index in [0.29, 0.717) is 26.2 Å². The Kier molecular flexibility index (Phi) is 5.31. The van der Waals surface area contributed by atoms with Gasteiger partial charge in [-0.05, 0) is 0 Å². The van der Waals surface area contributed by atoms with Crippen LogP contribution in [0.15, 0.2) is 0 Å². The third-order valence-corrected chi connectivity index (χ3v) is 4.67. The Morgan fingerprint density at radius 1 is 1.41 bits per heavy atom. The van der Waals surface area contributed by atoms with E-state index in [2.05, 4.69) is 10.1 Å². The van der Waals surface area contributed by atoms with Crippen molar-refractivity contribution < 1.29 is 17.9 Å². The van der Waals surface area contributed by atoms with Crippen LogP contribution in [0.3, 0.4) is 0 Å². The Morgan fingerprint density at radius 3 is 2.47 bits per heavy atom. The molecule has 1 saturated heterocycles. The summed E-state index contributed by atoms with van der Waals surface area (Å²) in [5.41, 5.74) is 0. The van der Waals surface area contributed by atoms with E-state index in [1.165, 1.54) is 11.4 Å². The van der Waals surface area contributed by atoms with Crippen molar-refractivity contribution >= 4 is 16.2 Å². The zero-order valence-electron chi connectivity index (χ0n) is 10.2. The monoisotopic (exact) mass is 265 g/mol. The third kappa shape index (κ3) is 3.63. The molecule has 7 nitrogen and oxygen atoms in total. The number of hydrogen-bond donors (Lipinski definition) is 1. The molecule has 0 amide bonds. The summed E-state index contributed by atoms with van der Waals surface area (Å²) in [5, 5.41) is 3.08. The summed E-state index contributed by atoms with van der Waals surface area (Å²) in [6, 6.07) is 0. The molecule has 17 heavy (non-hydrogen) atoms. The van der Waals surface area contributed by atoms with Crippen LogP contribution in [0.5, 0.6) is 0 Å². The lowest BCUT2D eigenvalue weighted by molar-refractivity contribution is -0.140. The number of nitrogens with one attached hydrogen (secondary N) is 1. The quantitative estimate of drug-likeness (QED) is 0.621. The van der Waals surface area contributed by atoms with Gasteiger partial charge in [0.2, 0.25) is 0 Å². The molecule has 1 N–H and O–H groups in total. The molecule has 0 saturated carbocycles. The van der Waals surface area contributed by atoms with E-state index < -0.39 is 16.2 Å². The Balaban J connectivity index is 2.74. The van der Waals surface area contributed by atoms with Gasteiger partial charge in [-0.2, -0.15) is 17.0 Å². The highest BCUT2D eigenvalue weighted by Crippen LogP contribution is 2.09. The minimum atomic E-state index is -3.55. The van der Waals surface area contributed by atoms with Gasteiger partial charge in [0.1, 0.15) is 6.54 Å². The maximum Gasteiger partial charge on any atom is 0.321 e. The average molecular weight is 265 g/mol. The topological polar surface area (TPSA) is 79.0 Å². The molecule has 0 aromatic heterocycles. The van der Waals surface area contributed by atoms with E-state index in [-0.39, 0.29) is 13.1 Å². The molecule has 1 heterocycles. The van der Waals surface area contributed by atoms with Gasteiger partial charge in [0.05, 0.1) is 7.11 Å². The predicted octanol–water partition coefficient (Wildman–Crippen LogP) is -1.37. The van der Waals surface area contributed by atoms with Gasteiger partial charge in [0, 0.05) is 32.7 Å². The SMILES string of the molecule is CCN(CC(=O)OC)S(=O)(=O)N1CCNCC1. The summed E-state index contributed by atoms with van der Waals surface area (Å²) in [4.78, 5) is 11.2. The lowest BCUT2D eigenvalue weighted by Crippen LogP contribution is -2.52. The van der Waals surface area contributed by atoms with Crippen LogP contribution in [0.1, 0.15) is 6.92 Å². The Bertz CT molecular complexity index is 351. The first-order valence-electron chi connectivity index (χ1n) is 5.55. The first-order chi connectivity index (χ1) is 8.02. The van der Waals surface area contributed by atoms with Crippen LogP contribution in [0.2, 0.25) is 0 Å². The van der Waals surface area contributed by atoms with E-state index in [9.17, 15) is 13.2 Å². The van der Waals surface area contributed by atoms with Crippen LogP contribution < -0.4 is 5.32 Å². The minimum Gasteiger partial charge on any atom is -0.468 e. The number of carbonyl (C=O) groups is 1. The van der Waals surface area contributed by atoms with Gasteiger partial charge in [-0.15, -0.1) is 0 Å². The van der Waals surface area contributed by atoms with E-state index >= 15 is 0 Å². The molecule has 1 rings (SSSR count).